The van der Waals surface area contributed by atoms with Crippen LogP contribution >= 0.6 is 0 Å². The van der Waals surface area contributed by atoms with Gasteiger partial charge in [0.15, 0.2) is 0 Å². The molecule has 0 spiro atoms. The number of hydrogen-bond acceptors (Lipinski definition) is 4. The molecule has 1 saturated heterocycles. The first-order chi connectivity index (χ1) is 15.1. The summed E-state index contributed by atoms with van der Waals surface area (Å²) in [7, 11) is 0. The number of unbranched alkanes of at least 4 members (excludes halogenated alkanes) is 1. The number of aromatic nitrogens is 2. The predicted molar refractivity (Wildman–Crippen MR) is 121 cm³/mol. The van der Waals surface area contributed by atoms with Crippen LogP contribution in [0.3, 0.4) is 0 Å². The van der Waals surface area contributed by atoms with Gasteiger partial charge in [0.05, 0.1) is 17.6 Å². The molecule has 0 bridgehead atoms. The van der Waals surface area contributed by atoms with E-state index in [0.29, 0.717) is 19.6 Å². The topological polar surface area (TPSA) is 64.4 Å². The lowest BCUT2D eigenvalue weighted by atomic mass is 10.1. The molecule has 1 aliphatic rings. The van der Waals surface area contributed by atoms with Crippen LogP contribution < -0.4 is 4.90 Å². The van der Waals surface area contributed by atoms with Gasteiger partial charge in [-0.05, 0) is 49.6 Å². The third-order valence-corrected chi connectivity index (χ3v) is 5.83. The maximum absolute atomic E-state index is 12.9. The Morgan fingerprint density at radius 3 is 2.65 bits per heavy atom. The standard InChI is InChI=1S/C25H29N3O3/c1-3-5-8-18-11-13-20(14-12-18)27-16-19(15-23(27)29)25-26-21-9-6-7-10-22(21)28(25)17-24(30)31-4-2/h6-7,9-14,19H,3-5,8,15-17H2,1-2H3. The summed E-state index contributed by atoms with van der Waals surface area (Å²) in [4.78, 5) is 31.7. The second-order valence-corrected chi connectivity index (χ2v) is 8.03. The van der Waals surface area contributed by atoms with E-state index in [2.05, 4.69) is 19.1 Å². The van der Waals surface area contributed by atoms with Crippen LogP contribution in [0.5, 0.6) is 0 Å². The molecule has 1 fully saturated rings. The average Bonchev–Trinajstić information content (AvgIpc) is 3.33. The molecular weight excluding hydrogens is 390 g/mol. The van der Waals surface area contributed by atoms with Crippen molar-refractivity contribution in [1.29, 1.82) is 0 Å². The number of benzene rings is 2. The molecule has 1 unspecified atom stereocenters. The van der Waals surface area contributed by atoms with Gasteiger partial charge in [0.25, 0.3) is 0 Å². The first-order valence-corrected chi connectivity index (χ1v) is 11.1. The van der Waals surface area contributed by atoms with Gasteiger partial charge in [-0.3, -0.25) is 9.59 Å². The first kappa shape index (κ1) is 21.1. The lowest BCUT2D eigenvalue weighted by Crippen LogP contribution is -2.24. The highest BCUT2D eigenvalue weighted by atomic mass is 16.5. The summed E-state index contributed by atoms with van der Waals surface area (Å²) in [5, 5.41) is 0. The SMILES string of the molecule is CCCCc1ccc(N2CC(c3nc4ccccc4n3CC(=O)OCC)CC2=O)cc1. The zero-order valence-corrected chi connectivity index (χ0v) is 18.2. The molecule has 162 valence electrons. The smallest absolute Gasteiger partial charge is 0.326 e. The molecule has 2 aromatic carbocycles. The van der Waals surface area contributed by atoms with Crippen molar-refractivity contribution in [2.45, 2.75) is 52.0 Å². The summed E-state index contributed by atoms with van der Waals surface area (Å²) in [6.07, 6.45) is 3.77. The summed E-state index contributed by atoms with van der Waals surface area (Å²) in [6.45, 7) is 4.98. The zero-order valence-electron chi connectivity index (χ0n) is 18.2. The van der Waals surface area contributed by atoms with Crippen molar-refractivity contribution in [3.8, 4) is 0 Å². The predicted octanol–water partition coefficient (Wildman–Crippen LogP) is 4.46. The molecule has 1 aromatic heterocycles. The van der Waals surface area contributed by atoms with Gasteiger partial charge in [-0.2, -0.15) is 0 Å². The highest BCUT2D eigenvalue weighted by Gasteiger charge is 2.35. The Labute approximate surface area is 182 Å². The number of rotatable bonds is 8. The number of carbonyl (C=O) groups is 2. The van der Waals surface area contributed by atoms with Crippen LogP contribution in [0.15, 0.2) is 48.5 Å². The van der Waals surface area contributed by atoms with Crippen LogP contribution in [0.2, 0.25) is 0 Å². The molecule has 1 atom stereocenters. The number of carbonyl (C=O) groups excluding carboxylic acids is 2. The summed E-state index contributed by atoms with van der Waals surface area (Å²) in [6, 6.07) is 16.0. The number of fused-ring (bicyclic) bond motifs is 1. The summed E-state index contributed by atoms with van der Waals surface area (Å²) >= 11 is 0. The fourth-order valence-electron chi connectivity index (χ4n) is 4.26. The van der Waals surface area contributed by atoms with E-state index in [1.165, 1.54) is 18.4 Å². The van der Waals surface area contributed by atoms with Crippen LogP contribution in [0, 0.1) is 0 Å². The number of anilines is 1. The number of imidazole rings is 1. The Morgan fingerprint density at radius 1 is 1.13 bits per heavy atom. The van der Waals surface area contributed by atoms with Gasteiger partial charge < -0.3 is 14.2 Å². The van der Waals surface area contributed by atoms with Gasteiger partial charge >= 0.3 is 5.97 Å². The lowest BCUT2D eigenvalue weighted by Gasteiger charge is -2.18. The molecule has 1 amide bonds. The normalized spacial score (nSPS) is 16.3. The van der Waals surface area contributed by atoms with Crippen LogP contribution in [0.4, 0.5) is 5.69 Å². The maximum atomic E-state index is 12.9. The number of esters is 1. The Morgan fingerprint density at radius 2 is 1.90 bits per heavy atom. The molecule has 0 radical (unpaired) electrons. The largest absolute Gasteiger partial charge is 0.465 e. The number of nitrogens with zero attached hydrogens (tertiary/aromatic N) is 3. The Balaban J connectivity index is 1.59. The van der Waals surface area contributed by atoms with Crippen molar-refractivity contribution in [3.63, 3.8) is 0 Å². The average molecular weight is 420 g/mol. The highest BCUT2D eigenvalue weighted by Crippen LogP contribution is 2.33. The summed E-state index contributed by atoms with van der Waals surface area (Å²) < 4.78 is 7.07. The maximum Gasteiger partial charge on any atom is 0.326 e. The molecule has 0 aliphatic carbocycles. The van der Waals surface area contributed by atoms with Gasteiger partial charge in [-0.1, -0.05) is 37.6 Å². The molecule has 3 aromatic rings. The first-order valence-electron chi connectivity index (χ1n) is 11.1. The molecule has 0 saturated carbocycles. The van der Waals surface area contributed by atoms with E-state index in [1.54, 1.807) is 6.92 Å². The van der Waals surface area contributed by atoms with Crippen molar-refractivity contribution in [1.82, 2.24) is 9.55 Å². The van der Waals surface area contributed by atoms with Crippen LogP contribution in [-0.4, -0.2) is 34.6 Å². The van der Waals surface area contributed by atoms with E-state index in [9.17, 15) is 9.59 Å². The lowest BCUT2D eigenvalue weighted by molar-refractivity contribution is -0.143. The number of para-hydroxylation sites is 2. The van der Waals surface area contributed by atoms with E-state index in [-0.39, 0.29) is 24.3 Å². The van der Waals surface area contributed by atoms with E-state index in [0.717, 1.165) is 29.0 Å². The second-order valence-electron chi connectivity index (χ2n) is 8.03. The van der Waals surface area contributed by atoms with Gasteiger partial charge in [0.2, 0.25) is 5.91 Å². The van der Waals surface area contributed by atoms with Gasteiger partial charge in [-0.15, -0.1) is 0 Å². The third-order valence-electron chi connectivity index (χ3n) is 5.83. The molecule has 4 rings (SSSR count). The number of hydrogen-bond donors (Lipinski definition) is 0. The van der Waals surface area contributed by atoms with E-state index in [4.69, 9.17) is 9.72 Å². The Kier molecular flexibility index (Phi) is 6.35. The fraction of sp³-hybridized carbons (Fsp3) is 0.400. The van der Waals surface area contributed by atoms with Crippen molar-refractivity contribution in [2.24, 2.45) is 0 Å². The summed E-state index contributed by atoms with van der Waals surface area (Å²) in [5.74, 6) is 0.482. The number of aryl methyl sites for hydroxylation is 1. The number of ether oxygens (including phenoxy) is 1. The molecule has 6 nitrogen and oxygen atoms in total. The van der Waals surface area contributed by atoms with Gasteiger partial charge in [0.1, 0.15) is 12.4 Å². The minimum absolute atomic E-state index is 0.0749. The Bertz CT molecular complexity index is 1070. The van der Waals surface area contributed by atoms with Crippen molar-refractivity contribution >= 4 is 28.6 Å². The van der Waals surface area contributed by atoms with E-state index in [1.807, 2.05) is 45.9 Å². The summed E-state index contributed by atoms with van der Waals surface area (Å²) in [5.41, 5.74) is 3.93. The molecule has 2 heterocycles. The molecule has 0 N–H and O–H groups in total. The van der Waals surface area contributed by atoms with E-state index < -0.39 is 0 Å². The molecule has 1 aliphatic heterocycles. The monoisotopic (exact) mass is 419 g/mol. The molecular formula is C25H29N3O3. The van der Waals surface area contributed by atoms with E-state index >= 15 is 0 Å². The van der Waals surface area contributed by atoms with Crippen LogP contribution in [0.1, 0.15) is 50.4 Å². The fourth-order valence-corrected chi connectivity index (χ4v) is 4.26. The highest BCUT2D eigenvalue weighted by molar-refractivity contribution is 5.96. The van der Waals surface area contributed by atoms with Gasteiger partial charge in [0, 0.05) is 24.6 Å². The number of amides is 1. The Hall–Kier alpha value is -3.15. The molecule has 31 heavy (non-hydrogen) atoms. The van der Waals surface area contributed by atoms with Crippen LogP contribution in [0.25, 0.3) is 11.0 Å². The van der Waals surface area contributed by atoms with Gasteiger partial charge in [-0.25, -0.2) is 4.98 Å². The van der Waals surface area contributed by atoms with Crippen LogP contribution in [-0.2, 0) is 27.3 Å². The third kappa shape index (κ3) is 4.48. The minimum Gasteiger partial charge on any atom is -0.465 e. The second kappa shape index (κ2) is 9.33. The molecule has 6 heteroatoms. The quantitative estimate of drug-likeness (QED) is 0.506. The van der Waals surface area contributed by atoms with Crippen molar-refractivity contribution < 1.29 is 14.3 Å². The van der Waals surface area contributed by atoms with Crippen molar-refractivity contribution in [2.75, 3.05) is 18.1 Å². The zero-order chi connectivity index (χ0) is 21.8. The van der Waals surface area contributed by atoms with Crippen molar-refractivity contribution in [3.05, 3.63) is 59.9 Å². The minimum atomic E-state index is -0.296.